The first kappa shape index (κ1) is 13.3. The van der Waals surface area contributed by atoms with E-state index >= 15 is 0 Å². The van der Waals surface area contributed by atoms with Crippen molar-refractivity contribution in [2.24, 2.45) is 11.8 Å². The molecule has 0 aromatic carbocycles. The van der Waals surface area contributed by atoms with Gasteiger partial charge in [-0.25, -0.2) is 0 Å². The fourth-order valence-electron chi connectivity index (χ4n) is 3.93. The van der Waals surface area contributed by atoms with Crippen molar-refractivity contribution in [2.45, 2.75) is 24.8 Å². The zero-order chi connectivity index (χ0) is 14.4. The molecule has 1 amide bonds. The van der Waals surface area contributed by atoms with Crippen LogP contribution in [-0.2, 0) is 0 Å². The Morgan fingerprint density at radius 2 is 2.19 bits per heavy atom. The lowest BCUT2D eigenvalue weighted by Crippen LogP contribution is -2.69. The average Bonchev–Trinajstić information content (AvgIpc) is 2.98. The van der Waals surface area contributed by atoms with Gasteiger partial charge in [0.25, 0.3) is 5.91 Å². The Morgan fingerprint density at radius 3 is 2.81 bits per heavy atom. The lowest BCUT2D eigenvalue weighted by molar-refractivity contribution is -0.0215. The molecule has 1 spiro atoms. The number of furan rings is 1. The van der Waals surface area contributed by atoms with Crippen LogP contribution in [0.1, 0.15) is 29.8 Å². The van der Waals surface area contributed by atoms with Crippen molar-refractivity contribution >= 4 is 5.91 Å². The molecular weight excluding hydrogens is 268 g/mol. The van der Waals surface area contributed by atoms with Gasteiger partial charge >= 0.3 is 0 Å². The molecule has 1 aliphatic carbocycles. The molecule has 5 heteroatoms. The topological polar surface area (TPSA) is 56.9 Å². The molecule has 0 radical (unpaired) electrons. The summed E-state index contributed by atoms with van der Waals surface area (Å²) in [7, 11) is 0. The molecule has 3 fully saturated rings. The predicted octanol–water partition coefficient (Wildman–Crippen LogP) is 1.20. The molecule has 2 saturated heterocycles. The predicted molar refractivity (Wildman–Crippen MR) is 76.8 cm³/mol. The number of hydrogen-bond acceptors (Lipinski definition) is 4. The SMILES string of the molecule is O=C(c1ccco1)N1CC2(C[C@H](CO)CN2CC2CC2)C1. The normalized spacial score (nSPS) is 28.0. The summed E-state index contributed by atoms with van der Waals surface area (Å²) in [5, 5.41) is 9.49. The monoisotopic (exact) mass is 290 g/mol. The van der Waals surface area contributed by atoms with Crippen molar-refractivity contribution in [1.29, 1.82) is 0 Å². The van der Waals surface area contributed by atoms with Crippen LogP contribution < -0.4 is 0 Å². The number of hydrogen-bond donors (Lipinski definition) is 1. The second-order valence-electron chi connectivity index (χ2n) is 6.96. The number of likely N-dealkylation sites (tertiary alicyclic amines) is 2. The number of aliphatic hydroxyl groups excluding tert-OH is 1. The maximum atomic E-state index is 12.3. The van der Waals surface area contributed by atoms with Gasteiger partial charge in [-0.05, 0) is 43.2 Å². The van der Waals surface area contributed by atoms with E-state index in [0.717, 1.165) is 38.5 Å². The Hall–Kier alpha value is -1.33. The third kappa shape index (κ3) is 2.28. The summed E-state index contributed by atoms with van der Waals surface area (Å²) in [6.45, 7) is 3.93. The van der Waals surface area contributed by atoms with E-state index in [4.69, 9.17) is 4.42 Å². The Bertz CT molecular complexity index is 518. The van der Waals surface area contributed by atoms with Gasteiger partial charge in [0.15, 0.2) is 5.76 Å². The van der Waals surface area contributed by atoms with E-state index in [0.29, 0.717) is 11.7 Å². The van der Waals surface area contributed by atoms with Gasteiger partial charge in [-0.1, -0.05) is 0 Å². The Morgan fingerprint density at radius 1 is 1.38 bits per heavy atom. The van der Waals surface area contributed by atoms with Crippen molar-refractivity contribution in [3.8, 4) is 0 Å². The lowest BCUT2D eigenvalue weighted by Gasteiger charge is -2.52. The number of carbonyl (C=O) groups excluding carboxylic acids is 1. The standard InChI is InChI=1S/C16H22N2O3/c19-9-13-6-16(18(8-13)7-12-3-4-12)10-17(11-16)15(20)14-2-1-5-21-14/h1-2,5,12-13,19H,3-4,6-11H2/t13-/m0/s1. The van der Waals surface area contributed by atoms with Crippen LogP contribution in [0.15, 0.2) is 22.8 Å². The van der Waals surface area contributed by atoms with E-state index in [2.05, 4.69) is 4.90 Å². The molecule has 1 atom stereocenters. The molecule has 1 aromatic heterocycles. The summed E-state index contributed by atoms with van der Waals surface area (Å²) in [6.07, 6.45) is 5.23. The van der Waals surface area contributed by atoms with Crippen LogP contribution >= 0.6 is 0 Å². The quantitative estimate of drug-likeness (QED) is 0.905. The largest absolute Gasteiger partial charge is 0.459 e. The number of rotatable bonds is 4. The summed E-state index contributed by atoms with van der Waals surface area (Å²) in [5.74, 6) is 1.62. The number of nitrogens with zero attached hydrogens (tertiary/aromatic N) is 2. The second-order valence-corrected chi connectivity index (χ2v) is 6.96. The molecule has 0 unspecified atom stereocenters. The van der Waals surface area contributed by atoms with Gasteiger partial charge in [-0.2, -0.15) is 0 Å². The molecule has 1 saturated carbocycles. The molecule has 3 aliphatic rings. The minimum Gasteiger partial charge on any atom is -0.459 e. The van der Waals surface area contributed by atoms with E-state index in [9.17, 15) is 9.90 Å². The third-order valence-electron chi connectivity index (χ3n) is 5.24. The first-order valence-corrected chi connectivity index (χ1v) is 7.89. The van der Waals surface area contributed by atoms with Gasteiger partial charge in [-0.15, -0.1) is 0 Å². The van der Waals surface area contributed by atoms with E-state index < -0.39 is 0 Å². The zero-order valence-electron chi connectivity index (χ0n) is 12.2. The average molecular weight is 290 g/mol. The smallest absolute Gasteiger partial charge is 0.289 e. The summed E-state index contributed by atoms with van der Waals surface area (Å²) in [4.78, 5) is 16.7. The lowest BCUT2D eigenvalue weighted by atomic mass is 9.84. The molecule has 4 rings (SSSR count). The summed E-state index contributed by atoms with van der Waals surface area (Å²) in [6, 6.07) is 3.47. The molecular formula is C16H22N2O3. The summed E-state index contributed by atoms with van der Waals surface area (Å²) < 4.78 is 5.20. The van der Waals surface area contributed by atoms with Crippen LogP contribution in [0.25, 0.3) is 0 Å². The van der Waals surface area contributed by atoms with Gasteiger partial charge < -0.3 is 14.4 Å². The molecule has 114 valence electrons. The molecule has 1 N–H and O–H groups in total. The van der Waals surface area contributed by atoms with Gasteiger partial charge in [0.1, 0.15) is 0 Å². The highest BCUT2D eigenvalue weighted by Crippen LogP contribution is 2.43. The molecule has 1 aromatic rings. The second kappa shape index (κ2) is 4.85. The molecule has 5 nitrogen and oxygen atoms in total. The highest BCUT2D eigenvalue weighted by atomic mass is 16.3. The van der Waals surface area contributed by atoms with Crippen LogP contribution in [0.5, 0.6) is 0 Å². The van der Waals surface area contributed by atoms with Gasteiger partial charge in [0.05, 0.1) is 11.8 Å². The zero-order valence-corrected chi connectivity index (χ0v) is 12.2. The van der Waals surface area contributed by atoms with Crippen molar-refractivity contribution in [1.82, 2.24) is 9.80 Å². The highest BCUT2D eigenvalue weighted by molar-refractivity contribution is 5.92. The molecule has 21 heavy (non-hydrogen) atoms. The fraction of sp³-hybridized carbons (Fsp3) is 0.688. The van der Waals surface area contributed by atoms with E-state index in [1.54, 1.807) is 18.4 Å². The number of carbonyl (C=O) groups is 1. The summed E-state index contributed by atoms with van der Waals surface area (Å²) in [5.41, 5.74) is 0.109. The van der Waals surface area contributed by atoms with E-state index in [-0.39, 0.29) is 18.1 Å². The van der Waals surface area contributed by atoms with Crippen LogP contribution in [0.4, 0.5) is 0 Å². The Balaban J connectivity index is 1.44. The van der Waals surface area contributed by atoms with Gasteiger partial charge in [0, 0.05) is 32.8 Å². The maximum Gasteiger partial charge on any atom is 0.289 e. The fourth-order valence-corrected chi connectivity index (χ4v) is 3.93. The highest BCUT2D eigenvalue weighted by Gasteiger charge is 2.55. The number of aliphatic hydroxyl groups is 1. The van der Waals surface area contributed by atoms with Crippen molar-refractivity contribution in [3.63, 3.8) is 0 Å². The molecule has 3 heterocycles. The van der Waals surface area contributed by atoms with Gasteiger partial charge in [0.2, 0.25) is 0 Å². The minimum atomic E-state index is -0.00977. The van der Waals surface area contributed by atoms with Crippen LogP contribution in [0, 0.1) is 11.8 Å². The van der Waals surface area contributed by atoms with Crippen LogP contribution in [-0.4, -0.2) is 59.1 Å². The van der Waals surface area contributed by atoms with Crippen LogP contribution in [0.3, 0.4) is 0 Å². The van der Waals surface area contributed by atoms with E-state index in [1.165, 1.54) is 12.8 Å². The molecule has 2 aliphatic heterocycles. The van der Waals surface area contributed by atoms with Crippen LogP contribution in [0.2, 0.25) is 0 Å². The van der Waals surface area contributed by atoms with Gasteiger partial charge in [-0.3, -0.25) is 9.69 Å². The number of amides is 1. The van der Waals surface area contributed by atoms with Crippen molar-refractivity contribution in [2.75, 3.05) is 32.8 Å². The first-order chi connectivity index (χ1) is 10.2. The Labute approximate surface area is 124 Å². The Kier molecular flexibility index (Phi) is 3.08. The van der Waals surface area contributed by atoms with Crippen molar-refractivity contribution < 1.29 is 14.3 Å². The van der Waals surface area contributed by atoms with Crippen molar-refractivity contribution in [3.05, 3.63) is 24.2 Å². The third-order valence-corrected chi connectivity index (χ3v) is 5.24. The minimum absolute atomic E-state index is 0.00977. The maximum absolute atomic E-state index is 12.3. The van der Waals surface area contributed by atoms with E-state index in [1.807, 2.05) is 4.90 Å². The molecule has 0 bridgehead atoms. The summed E-state index contributed by atoms with van der Waals surface area (Å²) >= 11 is 0. The first-order valence-electron chi connectivity index (χ1n) is 7.89.